The molecule has 2 unspecified atom stereocenters. The molecule has 1 saturated carbocycles. The third-order valence-electron chi connectivity index (χ3n) is 3.58. The molecule has 1 aromatic rings. The standard InChI is InChI=1S/C14H20N2O2S/c1-3-10-7-9(14(17)18)8-13(15-10)16-11-5-4-6-12(11)19-2/h7-8,11-12H,3-6H2,1-2H3,(H,15,16)(H,17,18). The Morgan fingerprint density at radius 2 is 2.32 bits per heavy atom. The molecule has 1 aromatic heterocycles. The van der Waals surface area contributed by atoms with Crippen molar-refractivity contribution in [3.8, 4) is 0 Å². The molecular formula is C14H20N2O2S. The second-order valence-electron chi connectivity index (χ2n) is 4.85. The first-order valence-corrected chi connectivity index (χ1v) is 7.96. The highest BCUT2D eigenvalue weighted by Gasteiger charge is 2.26. The molecule has 4 nitrogen and oxygen atoms in total. The molecule has 0 radical (unpaired) electrons. The number of aromatic carboxylic acids is 1. The number of anilines is 1. The Bertz CT molecular complexity index is 465. The van der Waals surface area contributed by atoms with Crippen molar-refractivity contribution in [2.75, 3.05) is 11.6 Å². The number of nitrogens with zero attached hydrogens (tertiary/aromatic N) is 1. The predicted octanol–water partition coefficient (Wildman–Crippen LogP) is 3.04. The molecule has 2 N–H and O–H groups in total. The smallest absolute Gasteiger partial charge is 0.335 e. The van der Waals surface area contributed by atoms with Gasteiger partial charge in [0.15, 0.2) is 0 Å². The third-order valence-corrected chi connectivity index (χ3v) is 4.75. The van der Waals surface area contributed by atoms with Crippen molar-refractivity contribution in [3.05, 3.63) is 23.4 Å². The molecule has 1 fully saturated rings. The van der Waals surface area contributed by atoms with Gasteiger partial charge < -0.3 is 10.4 Å². The Balaban J connectivity index is 2.19. The fraction of sp³-hybridized carbons (Fsp3) is 0.571. The van der Waals surface area contributed by atoms with E-state index in [1.807, 2.05) is 18.7 Å². The first-order valence-electron chi connectivity index (χ1n) is 6.67. The second kappa shape index (κ2) is 6.28. The van der Waals surface area contributed by atoms with E-state index >= 15 is 0 Å². The predicted molar refractivity (Wildman–Crippen MR) is 79.1 cm³/mol. The quantitative estimate of drug-likeness (QED) is 0.868. The molecule has 0 aromatic carbocycles. The van der Waals surface area contributed by atoms with Gasteiger partial charge in [-0.2, -0.15) is 11.8 Å². The van der Waals surface area contributed by atoms with Crippen LogP contribution in [0.15, 0.2) is 12.1 Å². The van der Waals surface area contributed by atoms with E-state index < -0.39 is 5.97 Å². The molecule has 2 rings (SSSR count). The van der Waals surface area contributed by atoms with Gasteiger partial charge in [-0.1, -0.05) is 13.3 Å². The highest BCUT2D eigenvalue weighted by molar-refractivity contribution is 7.99. The first kappa shape index (κ1) is 14.2. The Kier molecular flexibility index (Phi) is 4.69. The molecule has 1 heterocycles. The second-order valence-corrected chi connectivity index (χ2v) is 5.92. The molecule has 1 aliphatic rings. The molecule has 2 atom stereocenters. The van der Waals surface area contributed by atoms with Gasteiger partial charge in [-0.3, -0.25) is 0 Å². The number of carboxylic acid groups (broad SMARTS) is 1. The lowest BCUT2D eigenvalue weighted by molar-refractivity contribution is 0.0696. The van der Waals surface area contributed by atoms with Gasteiger partial charge in [-0.25, -0.2) is 9.78 Å². The summed E-state index contributed by atoms with van der Waals surface area (Å²) in [4.78, 5) is 15.6. The maximum absolute atomic E-state index is 11.1. The Labute approximate surface area is 118 Å². The van der Waals surface area contributed by atoms with Gasteiger partial charge in [-0.15, -0.1) is 0 Å². The van der Waals surface area contributed by atoms with E-state index in [2.05, 4.69) is 16.6 Å². The summed E-state index contributed by atoms with van der Waals surface area (Å²) in [6, 6.07) is 3.68. The van der Waals surface area contributed by atoms with Crippen LogP contribution >= 0.6 is 11.8 Å². The summed E-state index contributed by atoms with van der Waals surface area (Å²) in [6.07, 6.45) is 6.45. The van der Waals surface area contributed by atoms with E-state index in [1.54, 1.807) is 12.1 Å². The molecule has 0 amide bonds. The molecule has 1 aliphatic carbocycles. The fourth-order valence-electron chi connectivity index (χ4n) is 2.53. The Hall–Kier alpha value is -1.23. The molecular weight excluding hydrogens is 260 g/mol. The molecule has 0 bridgehead atoms. The van der Waals surface area contributed by atoms with Crippen LogP contribution in [-0.2, 0) is 6.42 Å². The van der Waals surface area contributed by atoms with Gasteiger partial charge >= 0.3 is 5.97 Å². The molecule has 0 spiro atoms. The van der Waals surface area contributed by atoms with Crippen molar-refractivity contribution in [1.82, 2.24) is 4.98 Å². The molecule has 0 aliphatic heterocycles. The minimum atomic E-state index is -0.895. The van der Waals surface area contributed by atoms with Crippen molar-refractivity contribution in [2.24, 2.45) is 0 Å². The zero-order valence-corrected chi connectivity index (χ0v) is 12.2. The summed E-state index contributed by atoms with van der Waals surface area (Å²) in [6.45, 7) is 1.98. The van der Waals surface area contributed by atoms with Gasteiger partial charge in [0.25, 0.3) is 0 Å². The van der Waals surface area contributed by atoms with Gasteiger partial charge in [0.05, 0.1) is 5.56 Å². The molecule has 5 heteroatoms. The van der Waals surface area contributed by atoms with E-state index in [0.29, 0.717) is 22.7 Å². The van der Waals surface area contributed by atoms with Crippen LogP contribution in [0.3, 0.4) is 0 Å². The van der Waals surface area contributed by atoms with Gasteiger partial charge in [-0.05, 0) is 37.7 Å². The number of thioether (sulfide) groups is 1. The van der Waals surface area contributed by atoms with Crippen LogP contribution in [0.5, 0.6) is 0 Å². The van der Waals surface area contributed by atoms with E-state index in [-0.39, 0.29) is 0 Å². The molecule has 104 valence electrons. The normalized spacial score (nSPS) is 22.4. The third kappa shape index (κ3) is 3.41. The van der Waals surface area contributed by atoms with E-state index in [1.165, 1.54) is 12.8 Å². The maximum atomic E-state index is 11.1. The monoisotopic (exact) mass is 280 g/mol. The lowest BCUT2D eigenvalue weighted by atomic mass is 10.2. The lowest BCUT2D eigenvalue weighted by Gasteiger charge is -2.20. The van der Waals surface area contributed by atoms with Crippen molar-refractivity contribution < 1.29 is 9.90 Å². The summed E-state index contributed by atoms with van der Waals surface area (Å²) in [5, 5.41) is 13.1. The van der Waals surface area contributed by atoms with Gasteiger partial charge in [0.2, 0.25) is 0 Å². The number of carboxylic acids is 1. The highest BCUT2D eigenvalue weighted by Crippen LogP contribution is 2.30. The fourth-order valence-corrected chi connectivity index (χ4v) is 3.46. The zero-order valence-electron chi connectivity index (χ0n) is 11.3. The lowest BCUT2D eigenvalue weighted by Crippen LogP contribution is -2.26. The number of aryl methyl sites for hydroxylation is 1. The Morgan fingerprint density at radius 3 is 2.95 bits per heavy atom. The molecule has 0 saturated heterocycles. The van der Waals surface area contributed by atoms with Gasteiger partial charge in [0.1, 0.15) is 5.82 Å². The summed E-state index contributed by atoms with van der Waals surface area (Å²) in [5.74, 6) is -0.198. The number of nitrogens with one attached hydrogen (secondary N) is 1. The van der Waals surface area contributed by atoms with Crippen molar-refractivity contribution in [2.45, 2.75) is 43.9 Å². The van der Waals surface area contributed by atoms with Crippen LogP contribution in [0.2, 0.25) is 0 Å². The number of hydrogen-bond donors (Lipinski definition) is 2. The number of rotatable bonds is 5. The Morgan fingerprint density at radius 1 is 1.53 bits per heavy atom. The summed E-state index contributed by atoms with van der Waals surface area (Å²) in [5.41, 5.74) is 1.13. The van der Waals surface area contributed by atoms with Crippen molar-refractivity contribution >= 4 is 23.5 Å². The number of hydrogen-bond acceptors (Lipinski definition) is 4. The number of pyridine rings is 1. The SMILES string of the molecule is CCc1cc(C(=O)O)cc(NC2CCCC2SC)n1. The highest BCUT2D eigenvalue weighted by atomic mass is 32.2. The van der Waals surface area contributed by atoms with Crippen LogP contribution in [0.4, 0.5) is 5.82 Å². The maximum Gasteiger partial charge on any atom is 0.335 e. The van der Waals surface area contributed by atoms with Crippen LogP contribution in [0, 0.1) is 0 Å². The summed E-state index contributed by atoms with van der Waals surface area (Å²) in [7, 11) is 0. The minimum Gasteiger partial charge on any atom is -0.478 e. The number of carbonyl (C=O) groups is 1. The average Bonchev–Trinajstić information content (AvgIpc) is 2.85. The van der Waals surface area contributed by atoms with Crippen LogP contribution in [-0.4, -0.2) is 33.6 Å². The van der Waals surface area contributed by atoms with Crippen LogP contribution in [0.1, 0.15) is 42.2 Å². The summed E-state index contributed by atoms with van der Waals surface area (Å²) < 4.78 is 0. The minimum absolute atomic E-state index is 0.313. The van der Waals surface area contributed by atoms with E-state index in [9.17, 15) is 4.79 Å². The van der Waals surface area contributed by atoms with E-state index in [4.69, 9.17) is 5.11 Å². The van der Waals surface area contributed by atoms with Crippen molar-refractivity contribution in [3.63, 3.8) is 0 Å². The van der Waals surface area contributed by atoms with Gasteiger partial charge in [0, 0.05) is 17.0 Å². The zero-order chi connectivity index (χ0) is 13.8. The van der Waals surface area contributed by atoms with Crippen LogP contribution < -0.4 is 5.32 Å². The largest absolute Gasteiger partial charge is 0.478 e. The molecule has 19 heavy (non-hydrogen) atoms. The average molecular weight is 280 g/mol. The van der Waals surface area contributed by atoms with E-state index in [0.717, 1.165) is 18.5 Å². The topological polar surface area (TPSA) is 62.2 Å². The van der Waals surface area contributed by atoms with Crippen LogP contribution in [0.25, 0.3) is 0 Å². The number of aromatic nitrogens is 1. The first-order chi connectivity index (χ1) is 9.13. The summed E-state index contributed by atoms with van der Waals surface area (Å²) >= 11 is 1.87. The van der Waals surface area contributed by atoms with Crippen molar-refractivity contribution in [1.29, 1.82) is 0 Å².